The zero-order valence-electron chi connectivity index (χ0n) is 11.6. The van der Waals surface area contributed by atoms with Crippen molar-refractivity contribution in [3.8, 4) is 0 Å². The van der Waals surface area contributed by atoms with E-state index in [-0.39, 0.29) is 0 Å². The van der Waals surface area contributed by atoms with E-state index in [1.165, 1.54) is 32.2 Å². The molecule has 1 saturated heterocycles. The van der Waals surface area contributed by atoms with Crippen LogP contribution in [0.3, 0.4) is 0 Å². The lowest BCUT2D eigenvalue weighted by Crippen LogP contribution is -2.38. The molecule has 0 aliphatic carbocycles. The maximum Gasteiger partial charge on any atom is 0.0570 e. The molecule has 0 bridgehead atoms. The van der Waals surface area contributed by atoms with Gasteiger partial charge in [0.1, 0.15) is 0 Å². The van der Waals surface area contributed by atoms with Crippen molar-refractivity contribution in [1.29, 1.82) is 0 Å². The summed E-state index contributed by atoms with van der Waals surface area (Å²) in [5.41, 5.74) is 1.13. The minimum atomic E-state index is 0.347. The molecule has 18 heavy (non-hydrogen) atoms. The van der Waals surface area contributed by atoms with Crippen LogP contribution in [0.4, 0.5) is 0 Å². The third-order valence-corrected chi connectivity index (χ3v) is 3.98. The van der Waals surface area contributed by atoms with Gasteiger partial charge in [-0.3, -0.25) is 4.98 Å². The van der Waals surface area contributed by atoms with E-state index >= 15 is 0 Å². The van der Waals surface area contributed by atoms with Crippen molar-refractivity contribution in [2.75, 3.05) is 20.1 Å². The second-order valence-corrected chi connectivity index (χ2v) is 5.35. The third kappa shape index (κ3) is 3.79. The van der Waals surface area contributed by atoms with Crippen molar-refractivity contribution in [3.05, 3.63) is 30.1 Å². The lowest BCUT2D eigenvalue weighted by Gasteiger charge is -2.32. The van der Waals surface area contributed by atoms with Crippen LogP contribution in [0.15, 0.2) is 24.4 Å². The molecule has 1 aliphatic rings. The summed E-state index contributed by atoms with van der Waals surface area (Å²) in [6.07, 6.45) is 7.22. The van der Waals surface area contributed by atoms with Gasteiger partial charge in [0.15, 0.2) is 0 Å². The van der Waals surface area contributed by atoms with Crippen molar-refractivity contribution >= 4 is 0 Å². The highest BCUT2D eigenvalue weighted by Gasteiger charge is 2.18. The number of pyridine rings is 1. The number of rotatable bonds is 5. The van der Waals surface area contributed by atoms with Crippen LogP contribution < -0.4 is 5.32 Å². The number of likely N-dealkylation sites (tertiary alicyclic amines) is 1. The van der Waals surface area contributed by atoms with Gasteiger partial charge < -0.3 is 10.2 Å². The summed E-state index contributed by atoms with van der Waals surface area (Å²) in [5, 5.41) is 3.58. The highest BCUT2D eigenvalue weighted by atomic mass is 15.1. The van der Waals surface area contributed by atoms with Crippen LogP contribution in [0, 0.1) is 0 Å². The quantitative estimate of drug-likeness (QED) is 0.867. The molecule has 3 nitrogen and oxygen atoms in total. The van der Waals surface area contributed by atoms with Crippen LogP contribution in [0.5, 0.6) is 0 Å². The van der Waals surface area contributed by atoms with Gasteiger partial charge >= 0.3 is 0 Å². The zero-order chi connectivity index (χ0) is 12.8. The van der Waals surface area contributed by atoms with Crippen molar-refractivity contribution in [2.24, 2.45) is 0 Å². The van der Waals surface area contributed by atoms with Crippen LogP contribution in [-0.4, -0.2) is 36.1 Å². The van der Waals surface area contributed by atoms with Crippen LogP contribution in [0.25, 0.3) is 0 Å². The zero-order valence-corrected chi connectivity index (χ0v) is 11.6. The number of nitrogens with one attached hydrogen (secondary N) is 1. The van der Waals surface area contributed by atoms with E-state index in [2.05, 4.69) is 41.3 Å². The summed E-state index contributed by atoms with van der Waals surface area (Å²) in [5.74, 6) is 0. The fraction of sp³-hybridized carbons (Fsp3) is 0.667. The maximum atomic E-state index is 4.39. The molecule has 1 fully saturated rings. The summed E-state index contributed by atoms with van der Waals surface area (Å²) in [4.78, 5) is 6.90. The Morgan fingerprint density at radius 2 is 2.33 bits per heavy atom. The number of piperidine rings is 1. The molecule has 0 amide bonds. The van der Waals surface area contributed by atoms with Gasteiger partial charge in [-0.05, 0) is 58.5 Å². The Morgan fingerprint density at radius 3 is 3.06 bits per heavy atom. The fourth-order valence-corrected chi connectivity index (χ4v) is 2.71. The summed E-state index contributed by atoms with van der Waals surface area (Å²) in [7, 11) is 2.26. The van der Waals surface area contributed by atoms with E-state index in [0.29, 0.717) is 6.04 Å². The van der Waals surface area contributed by atoms with E-state index in [0.717, 1.165) is 18.3 Å². The molecule has 1 aromatic heterocycles. The predicted octanol–water partition coefficient (Wildman–Crippen LogP) is 2.61. The van der Waals surface area contributed by atoms with Gasteiger partial charge in [-0.25, -0.2) is 0 Å². The molecule has 0 aromatic carbocycles. The van der Waals surface area contributed by atoms with Gasteiger partial charge in [-0.2, -0.15) is 0 Å². The first-order valence-corrected chi connectivity index (χ1v) is 7.12. The molecule has 0 saturated carbocycles. The number of hydrogen-bond donors (Lipinski definition) is 1. The second kappa shape index (κ2) is 6.86. The molecular formula is C15H25N3. The third-order valence-electron chi connectivity index (χ3n) is 3.98. The fourth-order valence-electron chi connectivity index (χ4n) is 2.71. The monoisotopic (exact) mass is 247 g/mol. The highest BCUT2D eigenvalue weighted by molar-refractivity contribution is 5.07. The smallest absolute Gasteiger partial charge is 0.0570 e. The van der Waals surface area contributed by atoms with Crippen molar-refractivity contribution in [3.63, 3.8) is 0 Å². The Morgan fingerprint density at radius 1 is 1.44 bits per heavy atom. The number of nitrogens with zero attached hydrogens (tertiary/aromatic N) is 2. The van der Waals surface area contributed by atoms with Gasteiger partial charge in [0.2, 0.25) is 0 Å². The molecule has 3 heteroatoms. The SMILES string of the molecule is CC(NCCC1CCCCN1C)c1ccccn1. The minimum absolute atomic E-state index is 0.347. The molecule has 2 atom stereocenters. The molecular weight excluding hydrogens is 222 g/mol. The molecule has 2 rings (SSSR count). The summed E-state index contributed by atoms with van der Waals surface area (Å²) >= 11 is 0. The Bertz CT molecular complexity index is 339. The number of aromatic nitrogens is 1. The lowest BCUT2D eigenvalue weighted by molar-refractivity contribution is 0.174. The average Bonchev–Trinajstić information content (AvgIpc) is 2.42. The topological polar surface area (TPSA) is 28.2 Å². The summed E-state index contributed by atoms with van der Waals surface area (Å²) in [6, 6.07) is 7.22. The van der Waals surface area contributed by atoms with E-state index in [1.807, 2.05) is 12.3 Å². The minimum Gasteiger partial charge on any atom is -0.309 e. The normalized spacial score (nSPS) is 22.9. The van der Waals surface area contributed by atoms with Gasteiger partial charge in [0.05, 0.1) is 5.69 Å². The molecule has 1 aromatic rings. The van der Waals surface area contributed by atoms with Crippen LogP contribution in [0.1, 0.15) is 44.3 Å². The molecule has 2 heterocycles. The first-order chi connectivity index (χ1) is 8.77. The van der Waals surface area contributed by atoms with Crippen molar-refractivity contribution in [2.45, 2.75) is 44.7 Å². The van der Waals surface area contributed by atoms with E-state index in [1.54, 1.807) is 0 Å². The van der Waals surface area contributed by atoms with Crippen LogP contribution >= 0.6 is 0 Å². The van der Waals surface area contributed by atoms with Crippen molar-refractivity contribution in [1.82, 2.24) is 15.2 Å². The standard InChI is InChI=1S/C15H25N3/c1-13(15-8-3-5-10-17-15)16-11-9-14-7-4-6-12-18(14)2/h3,5,8,10,13-14,16H,4,6-7,9,11-12H2,1-2H3. The average molecular weight is 247 g/mol. The lowest BCUT2D eigenvalue weighted by atomic mass is 10.00. The van der Waals surface area contributed by atoms with Crippen LogP contribution in [-0.2, 0) is 0 Å². The largest absolute Gasteiger partial charge is 0.309 e. The predicted molar refractivity (Wildman–Crippen MR) is 75.5 cm³/mol. The van der Waals surface area contributed by atoms with E-state index in [9.17, 15) is 0 Å². The highest BCUT2D eigenvalue weighted by Crippen LogP contribution is 2.17. The number of hydrogen-bond acceptors (Lipinski definition) is 3. The maximum absolute atomic E-state index is 4.39. The van der Waals surface area contributed by atoms with Gasteiger partial charge in [0, 0.05) is 18.3 Å². The first kappa shape index (κ1) is 13.5. The van der Waals surface area contributed by atoms with Gasteiger partial charge in [-0.15, -0.1) is 0 Å². The molecule has 0 spiro atoms. The molecule has 0 radical (unpaired) electrons. The first-order valence-electron chi connectivity index (χ1n) is 7.12. The Hall–Kier alpha value is -0.930. The van der Waals surface area contributed by atoms with E-state index in [4.69, 9.17) is 0 Å². The summed E-state index contributed by atoms with van der Waals surface area (Å²) < 4.78 is 0. The Balaban J connectivity index is 1.71. The Kier molecular flexibility index (Phi) is 5.14. The van der Waals surface area contributed by atoms with Gasteiger partial charge in [0.25, 0.3) is 0 Å². The molecule has 2 unspecified atom stereocenters. The van der Waals surface area contributed by atoms with E-state index < -0.39 is 0 Å². The molecule has 1 N–H and O–H groups in total. The molecule has 100 valence electrons. The Labute approximate surface area is 111 Å². The van der Waals surface area contributed by atoms with Crippen LogP contribution in [0.2, 0.25) is 0 Å². The second-order valence-electron chi connectivity index (χ2n) is 5.35. The van der Waals surface area contributed by atoms with Gasteiger partial charge in [-0.1, -0.05) is 12.5 Å². The summed E-state index contributed by atoms with van der Waals surface area (Å²) in [6.45, 7) is 4.53. The van der Waals surface area contributed by atoms with Crippen molar-refractivity contribution < 1.29 is 0 Å². The molecule has 1 aliphatic heterocycles.